The maximum Gasteiger partial charge on any atom is 0.216 e. The first-order valence-electron chi connectivity index (χ1n) is 6.58. The molecule has 0 spiro atoms. The van der Waals surface area contributed by atoms with Crippen LogP contribution in [0.2, 0.25) is 0 Å². The monoisotopic (exact) mass is 260 g/mol. The van der Waals surface area contributed by atoms with Gasteiger partial charge in [-0.1, -0.05) is 6.92 Å². The number of aryl methyl sites for hydroxylation is 1. The largest absolute Gasteiger partial charge is 0.444 e. The Morgan fingerprint density at radius 2 is 2.21 bits per heavy atom. The van der Waals surface area contributed by atoms with Crippen molar-refractivity contribution in [1.82, 2.24) is 9.97 Å². The van der Waals surface area contributed by atoms with E-state index >= 15 is 0 Å². The van der Waals surface area contributed by atoms with Crippen molar-refractivity contribution in [3.05, 3.63) is 36.2 Å². The van der Waals surface area contributed by atoms with Crippen molar-refractivity contribution in [3.8, 4) is 0 Å². The van der Waals surface area contributed by atoms with Crippen LogP contribution >= 0.6 is 0 Å². The van der Waals surface area contributed by atoms with E-state index in [2.05, 4.69) is 27.5 Å². The number of pyridine rings is 1. The Bertz CT molecular complexity index is 524. The number of anilines is 2. The van der Waals surface area contributed by atoms with Crippen molar-refractivity contribution < 1.29 is 4.42 Å². The van der Waals surface area contributed by atoms with Crippen LogP contribution in [-0.2, 0) is 0 Å². The van der Waals surface area contributed by atoms with Gasteiger partial charge in [-0.25, -0.2) is 9.97 Å². The van der Waals surface area contributed by atoms with Crippen LogP contribution < -0.4 is 10.6 Å². The lowest BCUT2D eigenvalue weighted by Crippen LogP contribution is -2.08. The van der Waals surface area contributed by atoms with Crippen LogP contribution in [0.3, 0.4) is 0 Å². The van der Waals surface area contributed by atoms with Crippen molar-refractivity contribution in [2.75, 3.05) is 17.2 Å². The van der Waals surface area contributed by atoms with Gasteiger partial charge in [0.05, 0.1) is 6.20 Å². The summed E-state index contributed by atoms with van der Waals surface area (Å²) < 4.78 is 5.51. The Morgan fingerprint density at radius 3 is 2.89 bits per heavy atom. The number of nitrogens with one attached hydrogen (secondary N) is 2. The molecule has 0 fully saturated rings. The molecule has 19 heavy (non-hydrogen) atoms. The van der Waals surface area contributed by atoms with Gasteiger partial charge in [0.1, 0.15) is 17.6 Å². The van der Waals surface area contributed by atoms with Gasteiger partial charge in [-0.3, -0.25) is 0 Å². The molecule has 2 heterocycles. The third kappa shape index (κ3) is 3.71. The lowest BCUT2D eigenvalue weighted by Gasteiger charge is -2.13. The highest BCUT2D eigenvalue weighted by atomic mass is 16.4. The van der Waals surface area contributed by atoms with Crippen molar-refractivity contribution >= 4 is 11.5 Å². The normalized spacial score (nSPS) is 12.2. The third-order valence-electron chi connectivity index (χ3n) is 2.71. The van der Waals surface area contributed by atoms with E-state index in [9.17, 15) is 0 Å². The molecule has 0 radical (unpaired) electrons. The van der Waals surface area contributed by atoms with E-state index in [-0.39, 0.29) is 6.04 Å². The molecule has 5 heteroatoms. The van der Waals surface area contributed by atoms with E-state index in [0.29, 0.717) is 5.89 Å². The Hall–Kier alpha value is -2.04. The zero-order chi connectivity index (χ0) is 13.7. The summed E-state index contributed by atoms with van der Waals surface area (Å²) in [5.74, 6) is 2.39. The molecule has 2 rings (SSSR count). The van der Waals surface area contributed by atoms with E-state index in [1.165, 1.54) is 0 Å². The number of nitrogens with zero attached hydrogens (tertiary/aromatic N) is 2. The van der Waals surface area contributed by atoms with Gasteiger partial charge in [-0.15, -0.1) is 0 Å². The Kier molecular flexibility index (Phi) is 4.39. The van der Waals surface area contributed by atoms with Crippen LogP contribution in [0.5, 0.6) is 0 Å². The van der Waals surface area contributed by atoms with Gasteiger partial charge in [0.15, 0.2) is 0 Å². The van der Waals surface area contributed by atoms with Crippen LogP contribution in [-0.4, -0.2) is 16.5 Å². The first-order chi connectivity index (χ1) is 9.19. The van der Waals surface area contributed by atoms with E-state index in [1.807, 2.05) is 26.0 Å². The molecule has 0 aliphatic carbocycles. The fourth-order valence-corrected chi connectivity index (χ4v) is 1.75. The molecule has 2 aromatic heterocycles. The van der Waals surface area contributed by atoms with Gasteiger partial charge in [0.2, 0.25) is 5.89 Å². The molecule has 0 bridgehead atoms. The lowest BCUT2D eigenvalue weighted by atomic mass is 10.3. The summed E-state index contributed by atoms with van der Waals surface area (Å²) in [6.07, 6.45) is 4.59. The molecule has 2 aromatic rings. The summed E-state index contributed by atoms with van der Waals surface area (Å²) in [4.78, 5) is 8.49. The Morgan fingerprint density at radius 1 is 1.37 bits per heavy atom. The number of oxazole rings is 1. The Balaban J connectivity index is 2.02. The average molecular weight is 260 g/mol. The molecule has 0 amide bonds. The van der Waals surface area contributed by atoms with E-state index in [1.54, 1.807) is 12.4 Å². The molecule has 1 atom stereocenters. The molecule has 1 unspecified atom stereocenters. The standard InChI is InChI=1S/C14H20N4O/c1-4-6-15-13-8-12(5-7-16-13)18-11(3)14-17-9-10(2)19-14/h5,7-9,11H,4,6H2,1-3H3,(H2,15,16,18). The highest BCUT2D eigenvalue weighted by Gasteiger charge is 2.11. The summed E-state index contributed by atoms with van der Waals surface area (Å²) >= 11 is 0. The molecule has 0 aliphatic heterocycles. The summed E-state index contributed by atoms with van der Waals surface area (Å²) in [7, 11) is 0. The van der Waals surface area contributed by atoms with Crippen molar-refractivity contribution in [3.63, 3.8) is 0 Å². The van der Waals surface area contributed by atoms with Crippen molar-refractivity contribution in [1.29, 1.82) is 0 Å². The minimum atomic E-state index is 0.0233. The zero-order valence-electron chi connectivity index (χ0n) is 11.6. The highest BCUT2D eigenvalue weighted by Crippen LogP contribution is 2.20. The van der Waals surface area contributed by atoms with Crippen LogP contribution in [0.25, 0.3) is 0 Å². The molecule has 0 aliphatic rings. The quantitative estimate of drug-likeness (QED) is 0.833. The van der Waals surface area contributed by atoms with Gasteiger partial charge in [-0.2, -0.15) is 0 Å². The molecular weight excluding hydrogens is 240 g/mol. The molecule has 102 valence electrons. The topological polar surface area (TPSA) is 63.0 Å². The molecule has 0 aromatic carbocycles. The minimum Gasteiger partial charge on any atom is -0.444 e. The van der Waals surface area contributed by atoms with Gasteiger partial charge in [0.25, 0.3) is 0 Å². The predicted molar refractivity (Wildman–Crippen MR) is 76.3 cm³/mol. The summed E-state index contributed by atoms with van der Waals surface area (Å²) in [6.45, 7) is 6.96. The maximum atomic E-state index is 5.51. The third-order valence-corrected chi connectivity index (χ3v) is 2.71. The maximum absolute atomic E-state index is 5.51. The van der Waals surface area contributed by atoms with Crippen LogP contribution in [0, 0.1) is 6.92 Å². The van der Waals surface area contributed by atoms with Gasteiger partial charge in [-0.05, 0) is 26.3 Å². The highest BCUT2D eigenvalue weighted by molar-refractivity contribution is 5.52. The molecule has 5 nitrogen and oxygen atoms in total. The summed E-state index contributed by atoms with van der Waals surface area (Å²) in [5, 5.41) is 6.61. The lowest BCUT2D eigenvalue weighted by molar-refractivity contribution is 0.453. The Labute approximate surface area is 113 Å². The first kappa shape index (κ1) is 13.4. The van der Waals surface area contributed by atoms with Crippen LogP contribution in [0.1, 0.15) is 38.0 Å². The summed E-state index contributed by atoms with van der Waals surface area (Å²) in [6, 6.07) is 3.95. The molecule has 0 saturated heterocycles. The second kappa shape index (κ2) is 6.22. The van der Waals surface area contributed by atoms with E-state index in [0.717, 1.165) is 30.2 Å². The minimum absolute atomic E-state index is 0.0233. The number of rotatable bonds is 6. The molecule has 2 N–H and O–H groups in total. The zero-order valence-corrected chi connectivity index (χ0v) is 11.6. The average Bonchev–Trinajstić information content (AvgIpc) is 2.83. The van der Waals surface area contributed by atoms with Crippen LogP contribution in [0.15, 0.2) is 28.9 Å². The van der Waals surface area contributed by atoms with Gasteiger partial charge in [0, 0.05) is 24.5 Å². The van der Waals surface area contributed by atoms with Gasteiger partial charge >= 0.3 is 0 Å². The number of aromatic nitrogens is 2. The molecule has 0 saturated carbocycles. The van der Waals surface area contributed by atoms with Crippen molar-refractivity contribution in [2.45, 2.75) is 33.2 Å². The SMILES string of the molecule is CCCNc1cc(NC(C)c2ncc(C)o2)ccn1. The second-order valence-corrected chi connectivity index (χ2v) is 4.53. The van der Waals surface area contributed by atoms with E-state index < -0.39 is 0 Å². The smallest absolute Gasteiger partial charge is 0.216 e. The number of hydrogen-bond acceptors (Lipinski definition) is 5. The fourth-order valence-electron chi connectivity index (χ4n) is 1.75. The first-order valence-corrected chi connectivity index (χ1v) is 6.58. The number of hydrogen-bond donors (Lipinski definition) is 2. The predicted octanol–water partition coefficient (Wildman–Crippen LogP) is 3.37. The fraction of sp³-hybridized carbons (Fsp3) is 0.429. The summed E-state index contributed by atoms with van der Waals surface area (Å²) in [5.41, 5.74) is 0.997. The van der Waals surface area contributed by atoms with Crippen molar-refractivity contribution in [2.24, 2.45) is 0 Å². The van der Waals surface area contributed by atoms with Crippen LogP contribution in [0.4, 0.5) is 11.5 Å². The second-order valence-electron chi connectivity index (χ2n) is 4.53. The molecular formula is C14H20N4O. The van der Waals surface area contributed by atoms with E-state index in [4.69, 9.17) is 4.42 Å². The van der Waals surface area contributed by atoms with Gasteiger partial charge < -0.3 is 15.1 Å².